The Labute approximate surface area is 92.4 Å². The first-order valence-electron chi connectivity index (χ1n) is 4.45. The summed E-state index contributed by atoms with van der Waals surface area (Å²) in [5.41, 5.74) is 6.41. The molecule has 0 fully saturated rings. The number of aromatic nitrogens is 1. The molecule has 0 aliphatic carbocycles. The molecule has 6 heteroatoms. The fourth-order valence-electron chi connectivity index (χ4n) is 0.886. The van der Waals surface area contributed by atoms with Gasteiger partial charge in [0, 0.05) is 5.75 Å². The van der Waals surface area contributed by atoms with E-state index < -0.39 is 12.0 Å². The van der Waals surface area contributed by atoms with Gasteiger partial charge >= 0.3 is 5.97 Å². The molecule has 1 rings (SSSR count). The summed E-state index contributed by atoms with van der Waals surface area (Å²) >= 11 is 1.30. The zero-order chi connectivity index (χ0) is 11.4. The maximum atomic E-state index is 11.0. The SMILES string of the molecule is COC(=O)C(N)CSc1nc(C)c(C)o1. The van der Waals surface area contributed by atoms with E-state index in [-0.39, 0.29) is 0 Å². The number of thioether (sulfide) groups is 1. The molecule has 15 heavy (non-hydrogen) atoms. The van der Waals surface area contributed by atoms with Crippen LogP contribution in [0.1, 0.15) is 11.5 Å². The lowest BCUT2D eigenvalue weighted by Gasteiger charge is -2.06. The van der Waals surface area contributed by atoms with Crippen molar-refractivity contribution in [2.45, 2.75) is 25.1 Å². The Hall–Kier alpha value is -1.01. The van der Waals surface area contributed by atoms with Gasteiger partial charge in [0.1, 0.15) is 11.8 Å². The van der Waals surface area contributed by atoms with Gasteiger partial charge in [-0.25, -0.2) is 4.98 Å². The first kappa shape index (κ1) is 12.1. The van der Waals surface area contributed by atoms with E-state index in [1.54, 1.807) is 0 Å². The van der Waals surface area contributed by atoms with Crippen molar-refractivity contribution in [2.24, 2.45) is 5.73 Å². The van der Waals surface area contributed by atoms with Crippen LogP contribution in [0.25, 0.3) is 0 Å². The van der Waals surface area contributed by atoms with Crippen molar-refractivity contribution in [3.63, 3.8) is 0 Å². The molecule has 1 heterocycles. The van der Waals surface area contributed by atoms with Crippen LogP contribution in [-0.4, -0.2) is 29.9 Å². The summed E-state index contributed by atoms with van der Waals surface area (Å²) in [6.45, 7) is 3.70. The molecule has 5 nitrogen and oxygen atoms in total. The van der Waals surface area contributed by atoms with Crippen LogP contribution in [0.3, 0.4) is 0 Å². The minimum atomic E-state index is -0.646. The number of rotatable bonds is 4. The molecule has 84 valence electrons. The van der Waals surface area contributed by atoms with Gasteiger partial charge in [-0.05, 0) is 13.8 Å². The smallest absolute Gasteiger partial charge is 0.323 e. The van der Waals surface area contributed by atoms with Crippen molar-refractivity contribution >= 4 is 17.7 Å². The third kappa shape index (κ3) is 3.24. The van der Waals surface area contributed by atoms with Gasteiger partial charge in [-0.15, -0.1) is 0 Å². The first-order valence-corrected chi connectivity index (χ1v) is 5.43. The molecule has 0 aliphatic rings. The van der Waals surface area contributed by atoms with Crippen molar-refractivity contribution < 1.29 is 13.9 Å². The second kappa shape index (κ2) is 5.18. The molecule has 1 aromatic rings. The number of oxazole rings is 1. The van der Waals surface area contributed by atoms with Crippen molar-refractivity contribution in [1.29, 1.82) is 0 Å². The Morgan fingerprint density at radius 2 is 2.33 bits per heavy atom. The number of hydrogen-bond acceptors (Lipinski definition) is 6. The minimum Gasteiger partial charge on any atom is -0.468 e. The van der Waals surface area contributed by atoms with E-state index in [1.807, 2.05) is 13.8 Å². The van der Waals surface area contributed by atoms with Crippen LogP contribution in [0.5, 0.6) is 0 Å². The lowest BCUT2D eigenvalue weighted by molar-refractivity contribution is -0.141. The standard InChI is InChI=1S/C9H14N2O3S/c1-5-6(2)14-9(11-5)15-4-7(10)8(12)13-3/h7H,4,10H2,1-3H3. The third-order valence-corrected chi connectivity index (χ3v) is 2.85. The number of hydrogen-bond donors (Lipinski definition) is 1. The van der Waals surface area contributed by atoms with E-state index in [0.717, 1.165) is 11.5 Å². The third-order valence-electron chi connectivity index (χ3n) is 1.90. The normalized spacial score (nSPS) is 12.5. The van der Waals surface area contributed by atoms with Crippen molar-refractivity contribution in [3.8, 4) is 0 Å². The molecule has 0 bridgehead atoms. The number of ether oxygens (including phenoxy) is 1. The van der Waals surface area contributed by atoms with Gasteiger partial charge in [0.15, 0.2) is 0 Å². The molecular formula is C9H14N2O3S. The quantitative estimate of drug-likeness (QED) is 0.611. The van der Waals surface area contributed by atoms with Gasteiger partial charge < -0.3 is 14.9 Å². The van der Waals surface area contributed by atoms with Crippen LogP contribution < -0.4 is 5.73 Å². The number of aryl methyl sites for hydroxylation is 2. The molecule has 0 aliphatic heterocycles. The molecule has 1 aromatic heterocycles. The number of carbonyl (C=O) groups is 1. The fourth-order valence-corrected chi connectivity index (χ4v) is 1.73. The van der Waals surface area contributed by atoms with Crippen LogP contribution in [0, 0.1) is 13.8 Å². The van der Waals surface area contributed by atoms with Gasteiger partial charge in [-0.3, -0.25) is 4.79 Å². The zero-order valence-corrected chi connectivity index (χ0v) is 9.76. The van der Waals surface area contributed by atoms with Gasteiger partial charge in [-0.1, -0.05) is 11.8 Å². The molecule has 0 saturated carbocycles. The summed E-state index contributed by atoms with van der Waals surface area (Å²) in [5.74, 6) is 0.748. The molecule has 0 amide bonds. The van der Waals surface area contributed by atoms with E-state index in [0.29, 0.717) is 11.0 Å². The van der Waals surface area contributed by atoms with Gasteiger partial charge in [0.2, 0.25) is 0 Å². The second-order valence-corrected chi connectivity index (χ2v) is 4.03. The maximum Gasteiger partial charge on any atom is 0.323 e. The Bertz CT molecular complexity index is 332. The fraction of sp³-hybridized carbons (Fsp3) is 0.556. The number of carbonyl (C=O) groups excluding carboxylic acids is 1. The number of nitrogens with zero attached hydrogens (tertiary/aromatic N) is 1. The van der Waals surface area contributed by atoms with E-state index in [4.69, 9.17) is 10.2 Å². The highest BCUT2D eigenvalue weighted by molar-refractivity contribution is 7.99. The highest BCUT2D eigenvalue weighted by Crippen LogP contribution is 2.20. The number of nitrogens with two attached hydrogens (primary N) is 1. The molecule has 0 radical (unpaired) electrons. The Kier molecular flexibility index (Phi) is 4.16. The Morgan fingerprint density at radius 3 is 2.80 bits per heavy atom. The molecule has 0 aromatic carbocycles. The van der Waals surface area contributed by atoms with Crippen LogP contribution in [-0.2, 0) is 9.53 Å². The summed E-state index contributed by atoms with van der Waals surface area (Å²) in [7, 11) is 1.31. The van der Waals surface area contributed by atoms with Crippen molar-refractivity contribution in [3.05, 3.63) is 11.5 Å². The van der Waals surface area contributed by atoms with Crippen LogP contribution in [0.4, 0.5) is 0 Å². The molecule has 0 spiro atoms. The maximum absolute atomic E-state index is 11.0. The zero-order valence-electron chi connectivity index (χ0n) is 8.94. The van der Waals surface area contributed by atoms with E-state index >= 15 is 0 Å². The highest BCUT2D eigenvalue weighted by atomic mass is 32.2. The topological polar surface area (TPSA) is 78.4 Å². The highest BCUT2D eigenvalue weighted by Gasteiger charge is 2.15. The first-order chi connectivity index (χ1) is 7.04. The van der Waals surface area contributed by atoms with E-state index in [1.165, 1.54) is 18.9 Å². The number of esters is 1. The predicted octanol–water partition coefficient (Wildman–Crippen LogP) is 0.884. The minimum absolute atomic E-state index is 0.395. The summed E-state index contributed by atoms with van der Waals surface area (Å²) < 4.78 is 9.82. The lowest BCUT2D eigenvalue weighted by Crippen LogP contribution is -2.33. The molecule has 0 saturated heterocycles. The Balaban J connectivity index is 2.47. The summed E-state index contributed by atoms with van der Waals surface area (Å²) in [5, 5.41) is 0.532. The average Bonchev–Trinajstić information content (AvgIpc) is 2.54. The molecule has 1 atom stereocenters. The van der Waals surface area contributed by atoms with Crippen LogP contribution in [0.15, 0.2) is 9.64 Å². The molecule has 1 unspecified atom stereocenters. The molecular weight excluding hydrogens is 216 g/mol. The van der Waals surface area contributed by atoms with E-state index in [2.05, 4.69) is 9.72 Å². The Morgan fingerprint density at radius 1 is 1.67 bits per heavy atom. The van der Waals surface area contributed by atoms with Crippen LogP contribution >= 0.6 is 11.8 Å². The number of methoxy groups -OCH3 is 1. The largest absolute Gasteiger partial charge is 0.468 e. The summed E-state index contributed by atoms with van der Waals surface area (Å²) in [6, 6.07) is -0.646. The lowest BCUT2D eigenvalue weighted by atomic mass is 10.4. The summed E-state index contributed by atoms with van der Waals surface area (Å²) in [4.78, 5) is 15.1. The second-order valence-electron chi connectivity index (χ2n) is 3.06. The van der Waals surface area contributed by atoms with Crippen molar-refractivity contribution in [2.75, 3.05) is 12.9 Å². The van der Waals surface area contributed by atoms with Crippen LogP contribution in [0.2, 0.25) is 0 Å². The van der Waals surface area contributed by atoms with Gasteiger partial charge in [-0.2, -0.15) is 0 Å². The average molecular weight is 230 g/mol. The van der Waals surface area contributed by atoms with Gasteiger partial charge in [0.25, 0.3) is 5.22 Å². The predicted molar refractivity (Wildman–Crippen MR) is 56.7 cm³/mol. The van der Waals surface area contributed by atoms with Crippen molar-refractivity contribution in [1.82, 2.24) is 4.98 Å². The summed E-state index contributed by atoms with van der Waals surface area (Å²) in [6.07, 6.45) is 0. The molecule has 2 N–H and O–H groups in total. The monoisotopic (exact) mass is 230 g/mol. The van der Waals surface area contributed by atoms with Gasteiger partial charge in [0.05, 0.1) is 12.8 Å². The van der Waals surface area contributed by atoms with E-state index in [9.17, 15) is 4.79 Å².